The van der Waals surface area contributed by atoms with Crippen LogP contribution in [0.3, 0.4) is 0 Å². The summed E-state index contributed by atoms with van der Waals surface area (Å²) in [6, 6.07) is 0. The Morgan fingerprint density at radius 2 is 1.05 bits per heavy atom. The third-order valence-corrected chi connectivity index (χ3v) is 7.17. The molecule has 3 nitrogen and oxygen atoms in total. The van der Waals surface area contributed by atoms with Crippen molar-refractivity contribution in [1.29, 1.82) is 0 Å². The second-order valence-corrected chi connectivity index (χ2v) is 14.1. The molecule has 0 unspecified atom stereocenters. The molecule has 0 saturated heterocycles. The predicted molar refractivity (Wildman–Crippen MR) is 110 cm³/mol. The van der Waals surface area contributed by atoms with E-state index in [-0.39, 0.29) is 44.6 Å². The van der Waals surface area contributed by atoms with Gasteiger partial charge in [0.1, 0.15) is 0 Å². The second-order valence-electron chi connectivity index (χ2n) is 5.22. The smallest absolute Gasteiger partial charge is 0.199 e. The molecule has 0 fully saturated rings. The van der Waals surface area contributed by atoms with E-state index in [0.29, 0.717) is 13.2 Å². The highest BCUT2D eigenvalue weighted by Crippen LogP contribution is 2.14. The molecule has 0 aliphatic heterocycles. The average molecular weight is 347 g/mol. The summed E-state index contributed by atoms with van der Waals surface area (Å²) in [5.41, 5.74) is 0. The topological polar surface area (TPSA) is 27.7 Å². The molecule has 0 atom stereocenters. The number of hydrogen-bond acceptors (Lipinski definition) is 3. The standard InChI is InChI=1S/C10H26O3Si2.6CH4/c1-7-11-8-9-12-10-15(5,6)13-14(2,3)4;;;;;;/h7-10H2,1-6H3;6*1H4. The van der Waals surface area contributed by atoms with Gasteiger partial charge < -0.3 is 13.6 Å². The zero-order valence-electron chi connectivity index (χ0n) is 11.1. The zero-order chi connectivity index (χ0) is 11.9. The maximum atomic E-state index is 6.14. The van der Waals surface area contributed by atoms with E-state index >= 15 is 0 Å². The van der Waals surface area contributed by atoms with Crippen LogP contribution >= 0.6 is 0 Å². The van der Waals surface area contributed by atoms with Gasteiger partial charge in [-0.2, -0.15) is 0 Å². The fraction of sp³-hybridized carbons (Fsp3) is 1.00. The molecule has 0 N–H and O–H groups in total. The molecule has 0 aromatic rings. The van der Waals surface area contributed by atoms with Gasteiger partial charge in [-0.15, -0.1) is 0 Å². The van der Waals surface area contributed by atoms with Crippen LogP contribution in [0.4, 0.5) is 0 Å². The SMILES string of the molecule is C.C.C.C.C.C.CCOCCOC[Si](C)(C)O[Si](C)(C)C. The molecule has 0 heterocycles. The highest BCUT2D eigenvalue weighted by Gasteiger charge is 2.29. The first-order chi connectivity index (χ1) is 6.77. The van der Waals surface area contributed by atoms with E-state index in [9.17, 15) is 0 Å². The van der Waals surface area contributed by atoms with Crippen molar-refractivity contribution in [2.24, 2.45) is 0 Å². The monoisotopic (exact) mass is 346 g/mol. The summed E-state index contributed by atoms with van der Waals surface area (Å²) in [6.45, 7) is 15.2. The third-order valence-electron chi connectivity index (χ3n) is 1.61. The van der Waals surface area contributed by atoms with E-state index in [1.807, 2.05) is 6.92 Å². The molecule has 0 aromatic carbocycles. The normalized spacial score (nSPS) is 9.43. The molecule has 0 radical (unpaired) electrons. The van der Waals surface area contributed by atoms with Gasteiger partial charge in [0.15, 0.2) is 16.6 Å². The Balaban J connectivity index is -0.0000000653. The molecule has 0 spiro atoms. The van der Waals surface area contributed by atoms with E-state index in [2.05, 4.69) is 32.7 Å². The van der Waals surface area contributed by atoms with Gasteiger partial charge in [-0.25, -0.2) is 0 Å². The van der Waals surface area contributed by atoms with Gasteiger partial charge >= 0.3 is 0 Å². The van der Waals surface area contributed by atoms with Gasteiger partial charge in [-0.3, -0.25) is 0 Å². The van der Waals surface area contributed by atoms with Crippen LogP contribution in [0.5, 0.6) is 0 Å². The van der Waals surface area contributed by atoms with Crippen molar-refractivity contribution < 1.29 is 13.6 Å². The molecule has 0 rings (SSSR count). The summed E-state index contributed by atoms with van der Waals surface area (Å²) in [5, 5.41) is 0. The van der Waals surface area contributed by atoms with Crippen LogP contribution in [0.1, 0.15) is 51.5 Å². The minimum atomic E-state index is -1.61. The summed E-state index contributed by atoms with van der Waals surface area (Å²) < 4.78 is 16.9. The largest absolute Gasteiger partial charge is 0.454 e. The third kappa shape index (κ3) is 33.3. The first kappa shape index (κ1) is 42.9. The van der Waals surface area contributed by atoms with Gasteiger partial charge in [0.2, 0.25) is 0 Å². The van der Waals surface area contributed by atoms with E-state index in [1.54, 1.807) is 0 Å². The van der Waals surface area contributed by atoms with Crippen molar-refractivity contribution in [3.63, 3.8) is 0 Å². The van der Waals surface area contributed by atoms with Crippen molar-refractivity contribution in [1.82, 2.24) is 0 Å². The van der Waals surface area contributed by atoms with Crippen molar-refractivity contribution in [3.8, 4) is 0 Å². The molecule has 0 aliphatic carbocycles. The lowest BCUT2D eigenvalue weighted by Gasteiger charge is -2.31. The lowest BCUT2D eigenvalue weighted by Crippen LogP contribution is -2.46. The molecule has 0 aromatic heterocycles. The lowest BCUT2D eigenvalue weighted by molar-refractivity contribution is 0.0661. The quantitative estimate of drug-likeness (QED) is 0.373. The lowest BCUT2D eigenvalue weighted by atomic mass is 10.7. The Hall–Kier alpha value is 0.314. The van der Waals surface area contributed by atoms with Crippen LogP contribution in [0.15, 0.2) is 0 Å². The number of ether oxygens (including phenoxy) is 2. The van der Waals surface area contributed by atoms with Crippen LogP contribution in [0.2, 0.25) is 32.7 Å². The molecule has 5 heteroatoms. The first-order valence-corrected chi connectivity index (χ1v) is 12.1. The second kappa shape index (κ2) is 20.3. The fourth-order valence-corrected chi connectivity index (χ4v) is 8.94. The minimum absolute atomic E-state index is 0. The zero-order valence-corrected chi connectivity index (χ0v) is 13.1. The van der Waals surface area contributed by atoms with Crippen molar-refractivity contribution in [3.05, 3.63) is 0 Å². The van der Waals surface area contributed by atoms with E-state index in [0.717, 1.165) is 12.8 Å². The Morgan fingerprint density at radius 1 is 0.667 bits per heavy atom. The van der Waals surface area contributed by atoms with Gasteiger partial charge in [0, 0.05) is 6.61 Å². The fourth-order valence-electron chi connectivity index (χ4n) is 1.44. The summed E-state index contributed by atoms with van der Waals surface area (Å²) in [5.74, 6) is 0. The van der Waals surface area contributed by atoms with E-state index < -0.39 is 16.6 Å². The molecular weight excluding hydrogens is 296 g/mol. The Kier molecular flexibility index (Phi) is 41.5. The van der Waals surface area contributed by atoms with E-state index in [4.69, 9.17) is 13.6 Å². The molecule has 0 aliphatic rings. The number of rotatable bonds is 8. The molecule has 0 amide bonds. The Morgan fingerprint density at radius 3 is 1.38 bits per heavy atom. The van der Waals surface area contributed by atoms with Crippen molar-refractivity contribution >= 4 is 16.6 Å². The molecule has 140 valence electrons. The van der Waals surface area contributed by atoms with Crippen LogP contribution in [0.25, 0.3) is 0 Å². The minimum Gasteiger partial charge on any atom is -0.454 e. The van der Waals surface area contributed by atoms with Crippen LogP contribution < -0.4 is 0 Å². The van der Waals surface area contributed by atoms with Gasteiger partial charge in [-0.05, 0) is 39.7 Å². The molecule has 0 bridgehead atoms. The highest BCUT2D eigenvalue weighted by atomic mass is 28.4. The average Bonchev–Trinajstić information content (AvgIpc) is 1.99. The molecule has 21 heavy (non-hydrogen) atoms. The maximum absolute atomic E-state index is 6.14. The van der Waals surface area contributed by atoms with Crippen LogP contribution in [-0.4, -0.2) is 42.7 Å². The summed E-state index contributed by atoms with van der Waals surface area (Å²) in [4.78, 5) is 0. The van der Waals surface area contributed by atoms with Gasteiger partial charge in [0.25, 0.3) is 0 Å². The Labute approximate surface area is 141 Å². The predicted octanol–water partition coefficient (Wildman–Crippen LogP) is 6.45. The highest BCUT2D eigenvalue weighted by molar-refractivity contribution is 6.84. The van der Waals surface area contributed by atoms with E-state index in [1.165, 1.54) is 0 Å². The van der Waals surface area contributed by atoms with Crippen LogP contribution in [0, 0.1) is 0 Å². The molecule has 0 saturated carbocycles. The Bertz CT molecular complexity index is 169. The maximum Gasteiger partial charge on any atom is 0.199 e. The first-order valence-electron chi connectivity index (χ1n) is 5.62. The summed E-state index contributed by atoms with van der Waals surface area (Å²) in [7, 11) is -3.03. The summed E-state index contributed by atoms with van der Waals surface area (Å²) in [6.07, 6.45) is 0.768. The van der Waals surface area contributed by atoms with Gasteiger partial charge in [-0.1, -0.05) is 44.6 Å². The summed E-state index contributed by atoms with van der Waals surface area (Å²) >= 11 is 0. The van der Waals surface area contributed by atoms with Crippen molar-refractivity contribution in [2.45, 2.75) is 84.2 Å². The van der Waals surface area contributed by atoms with Crippen LogP contribution in [-0.2, 0) is 13.6 Å². The number of hydrogen-bond donors (Lipinski definition) is 0. The van der Waals surface area contributed by atoms with Crippen molar-refractivity contribution in [2.75, 3.05) is 26.1 Å². The van der Waals surface area contributed by atoms with Gasteiger partial charge in [0.05, 0.1) is 19.4 Å². The molecular formula is C16H50O3Si2.